The first-order chi connectivity index (χ1) is 18.5. The van der Waals surface area contributed by atoms with Crippen LogP contribution in [-0.4, -0.2) is 57.1 Å². The van der Waals surface area contributed by atoms with Crippen LogP contribution in [-0.2, 0) is 26.2 Å². The van der Waals surface area contributed by atoms with Gasteiger partial charge in [-0.25, -0.2) is 8.42 Å². The molecule has 10 heteroatoms. The van der Waals surface area contributed by atoms with Crippen molar-refractivity contribution in [3.63, 3.8) is 0 Å². The topological polar surface area (TPSA) is 96.0 Å². The highest BCUT2D eigenvalue weighted by molar-refractivity contribution is 7.92. The van der Waals surface area contributed by atoms with Crippen molar-refractivity contribution in [3.8, 4) is 5.75 Å². The van der Waals surface area contributed by atoms with E-state index < -0.39 is 16.1 Å². The molecule has 0 bridgehead atoms. The smallest absolute Gasteiger partial charge is 0.242 e. The van der Waals surface area contributed by atoms with Gasteiger partial charge in [-0.05, 0) is 56.9 Å². The van der Waals surface area contributed by atoms with Crippen molar-refractivity contribution < 1.29 is 22.7 Å². The number of rotatable bonds is 12. The van der Waals surface area contributed by atoms with Crippen molar-refractivity contribution in [3.05, 3.63) is 58.6 Å². The van der Waals surface area contributed by atoms with Crippen molar-refractivity contribution in [2.24, 2.45) is 0 Å². The predicted octanol–water partition coefficient (Wildman–Crippen LogP) is 5.07. The van der Waals surface area contributed by atoms with E-state index in [1.165, 1.54) is 23.9 Å². The highest BCUT2D eigenvalue weighted by Gasteiger charge is 2.28. The molecular weight excluding hydrogens is 538 g/mol. The minimum atomic E-state index is -3.63. The molecule has 0 saturated heterocycles. The average molecular weight is 578 g/mol. The molecule has 8 nitrogen and oxygen atoms in total. The predicted molar refractivity (Wildman–Crippen MR) is 156 cm³/mol. The molecule has 3 rings (SSSR count). The zero-order valence-corrected chi connectivity index (χ0v) is 24.9. The molecule has 0 heterocycles. The van der Waals surface area contributed by atoms with Gasteiger partial charge >= 0.3 is 0 Å². The first-order valence-electron chi connectivity index (χ1n) is 13.5. The van der Waals surface area contributed by atoms with E-state index in [0.29, 0.717) is 23.0 Å². The number of methoxy groups -OCH3 is 1. The number of anilines is 1. The zero-order valence-electron chi connectivity index (χ0n) is 23.3. The summed E-state index contributed by atoms with van der Waals surface area (Å²) in [6.07, 6.45) is 6.78. The van der Waals surface area contributed by atoms with E-state index in [-0.39, 0.29) is 37.2 Å². The Hall–Kier alpha value is -2.78. The SMILES string of the molecule is COc1ccc(N(CCCC(=O)N(Cc2ccc(C)cc2)[C@H](C)C(=O)NC2CCCCC2)S(C)(=O)=O)cc1Cl. The molecule has 0 aliphatic heterocycles. The van der Waals surface area contributed by atoms with Gasteiger partial charge in [0, 0.05) is 25.6 Å². The second-order valence-electron chi connectivity index (χ2n) is 10.3. The van der Waals surface area contributed by atoms with Gasteiger partial charge in [0.1, 0.15) is 11.8 Å². The molecule has 0 radical (unpaired) electrons. The van der Waals surface area contributed by atoms with Crippen molar-refractivity contribution in [2.45, 2.75) is 77.4 Å². The molecule has 2 amide bonds. The first-order valence-corrected chi connectivity index (χ1v) is 15.7. The third-order valence-corrected chi connectivity index (χ3v) is 8.66. The number of ether oxygens (including phenoxy) is 1. The summed E-state index contributed by atoms with van der Waals surface area (Å²) in [5.74, 6) is 0.0763. The molecule has 1 fully saturated rings. The molecule has 1 N–H and O–H groups in total. The van der Waals surface area contributed by atoms with Crippen molar-refractivity contribution >= 4 is 39.1 Å². The Labute approximate surface area is 237 Å². The van der Waals surface area contributed by atoms with Gasteiger partial charge in [-0.2, -0.15) is 0 Å². The van der Waals surface area contributed by atoms with Crippen LogP contribution in [0.1, 0.15) is 63.0 Å². The normalized spacial score (nSPS) is 14.9. The second kappa shape index (κ2) is 14.0. The standard InChI is InChI=1S/C29H40ClN3O5S/c1-21-12-14-23(15-13-21)20-32(22(2)29(35)31-24-9-6-5-7-10-24)28(34)11-8-18-33(39(4,36)37)25-16-17-27(38-3)26(30)19-25/h12-17,19,22,24H,5-11,18,20H2,1-4H3,(H,31,35)/t22-/m1/s1. The van der Waals surface area contributed by atoms with Gasteiger partial charge in [0.15, 0.2) is 0 Å². The lowest BCUT2D eigenvalue weighted by Crippen LogP contribution is -2.50. The van der Waals surface area contributed by atoms with Crippen LogP contribution in [0.2, 0.25) is 5.02 Å². The lowest BCUT2D eigenvalue weighted by molar-refractivity contribution is -0.141. The Morgan fingerprint density at radius 3 is 2.36 bits per heavy atom. The minimum absolute atomic E-state index is 0.0861. The lowest BCUT2D eigenvalue weighted by Gasteiger charge is -2.31. The molecule has 1 saturated carbocycles. The van der Waals surface area contributed by atoms with Crippen LogP contribution in [0.4, 0.5) is 5.69 Å². The van der Waals surface area contributed by atoms with Gasteiger partial charge in [-0.1, -0.05) is 60.7 Å². The number of carbonyl (C=O) groups is 2. The number of hydrogen-bond acceptors (Lipinski definition) is 5. The van der Waals surface area contributed by atoms with Crippen LogP contribution in [0.3, 0.4) is 0 Å². The van der Waals surface area contributed by atoms with Gasteiger partial charge in [0.05, 0.1) is 24.1 Å². The van der Waals surface area contributed by atoms with Crippen LogP contribution in [0, 0.1) is 6.92 Å². The second-order valence-corrected chi connectivity index (χ2v) is 12.6. The summed E-state index contributed by atoms with van der Waals surface area (Å²) in [6.45, 7) is 4.14. The van der Waals surface area contributed by atoms with E-state index in [4.69, 9.17) is 16.3 Å². The van der Waals surface area contributed by atoms with Crippen molar-refractivity contribution in [1.29, 1.82) is 0 Å². The molecule has 1 atom stereocenters. The van der Waals surface area contributed by atoms with E-state index in [1.807, 2.05) is 31.2 Å². The Morgan fingerprint density at radius 2 is 1.77 bits per heavy atom. The number of nitrogens with one attached hydrogen (secondary N) is 1. The Morgan fingerprint density at radius 1 is 1.10 bits per heavy atom. The number of amides is 2. The fourth-order valence-electron chi connectivity index (χ4n) is 4.86. The van der Waals surface area contributed by atoms with Crippen LogP contribution >= 0.6 is 11.6 Å². The quantitative estimate of drug-likeness (QED) is 0.380. The fraction of sp³-hybridized carbons (Fsp3) is 0.517. The van der Waals surface area contributed by atoms with Gasteiger partial charge in [0.2, 0.25) is 21.8 Å². The summed E-state index contributed by atoms with van der Waals surface area (Å²) < 4.78 is 31.5. The first kappa shape index (κ1) is 30.8. The Balaban J connectivity index is 1.72. The van der Waals surface area contributed by atoms with E-state index in [1.54, 1.807) is 24.0 Å². The number of halogens is 1. The summed E-state index contributed by atoms with van der Waals surface area (Å²) in [5, 5.41) is 3.43. The molecule has 1 aliphatic rings. The summed E-state index contributed by atoms with van der Waals surface area (Å²) in [7, 11) is -2.14. The van der Waals surface area contributed by atoms with Gasteiger partial charge < -0.3 is 15.0 Å². The van der Waals surface area contributed by atoms with Crippen molar-refractivity contribution in [1.82, 2.24) is 10.2 Å². The number of hydrogen-bond donors (Lipinski definition) is 1. The number of sulfonamides is 1. The Bertz CT molecular complexity index is 1230. The van der Waals surface area contributed by atoms with E-state index in [9.17, 15) is 18.0 Å². The zero-order chi connectivity index (χ0) is 28.6. The Kier molecular flexibility index (Phi) is 11.1. The van der Waals surface area contributed by atoms with Gasteiger partial charge in [-0.15, -0.1) is 0 Å². The molecule has 1 aliphatic carbocycles. The van der Waals surface area contributed by atoms with Crippen molar-refractivity contribution in [2.75, 3.05) is 24.2 Å². The average Bonchev–Trinajstić information content (AvgIpc) is 2.90. The molecule has 0 unspecified atom stereocenters. The lowest BCUT2D eigenvalue weighted by atomic mass is 9.95. The summed E-state index contributed by atoms with van der Waals surface area (Å²) in [5.41, 5.74) is 2.43. The summed E-state index contributed by atoms with van der Waals surface area (Å²) in [4.78, 5) is 28.3. The molecule has 0 aromatic heterocycles. The van der Waals surface area contributed by atoms with Gasteiger partial charge in [0.25, 0.3) is 0 Å². The maximum atomic E-state index is 13.5. The number of benzene rings is 2. The third kappa shape index (κ3) is 8.86. The van der Waals surface area contributed by atoms with E-state index in [2.05, 4.69) is 5.32 Å². The maximum absolute atomic E-state index is 13.5. The van der Waals surface area contributed by atoms with Crippen LogP contribution in [0.15, 0.2) is 42.5 Å². The third-order valence-electron chi connectivity index (χ3n) is 7.17. The van der Waals surface area contributed by atoms with Crippen LogP contribution in [0.25, 0.3) is 0 Å². The van der Waals surface area contributed by atoms with Gasteiger partial charge in [-0.3, -0.25) is 13.9 Å². The van der Waals surface area contributed by atoms with Crippen LogP contribution < -0.4 is 14.4 Å². The largest absolute Gasteiger partial charge is 0.495 e. The number of carbonyl (C=O) groups excluding carboxylic acids is 2. The summed E-state index contributed by atoms with van der Waals surface area (Å²) >= 11 is 6.23. The maximum Gasteiger partial charge on any atom is 0.242 e. The highest BCUT2D eigenvalue weighted by Crippen LogP contribution is 2.30. The molecule has 2 aromatic carbocycles. The number of nitrogens with zero attached hydrogens (tertiary/aromatic N) is 2. The molecule has 2 aromatic rings. The summed E-state index contributed by atoms with van der Waals surface area (Å²) in [6, 6.07) is 12.1. The molecule has 39 heavy (non-hydrogen) atoms. The van der Waals surface area contributed by atoms with E-state index in [0.717, 1.165) is 43.1 Å². The van der Waals surface area contributed by atoms with Crippen LogP contribution in [0.5, 0.6) is 5.75 Å². The molecule has 0 spiro atoms. The van der Waals surface area contributed by atoms with E-state index >= 15 is 0 Å². The fourth-order valence-corrected chi connectivity index (χ4v) is 6.07. The molecular formula is C29H40ClN3O5S. The highest BCUT2D eigenvalue weighted by atomic mass is 35.5. The minimum Gasteiger partial charge on any atom is -0.495 e. The molecule has 214 valence electrons. The number of aryl methyl sites for hydroxylation is 1. The monoisotopic (exact) mass is 577 g/mol.